The maximum Gasteiger partial charge on any atom is 0.126 e. The smallest absolute Gasteiger partial charge is 0.126 e. The molecule has 1 atom stereocenters. The second-order valence-electron chi connectivity index (χ2n) is 4.31. The van der Waals surface area contributed by atoms with Crippen molar-refractivity contribution >= 4 is 11.6 Å². The highest BCUT2D eigenvalue weighted by atomic mass is 35.5. The van der Waals surface area contributed by atoms with E-state index in [1.54, 1.807) is 12.3 Å². The number of hydrogen-bond donors (Lipinski definition) is 2. The van der Waals surface area contributed by atoms with Crippen LogP contribution in [0, 0.1) is 5.82 Å². The minimum atomic E-state index is -0.286. The maximum atomic E-state index is 13.7. The van der Waals surface area contributed by atoms with Crippen LogP contribution >= 0.6 is 11.6 Å². The normalized spacial score (nSPS) is 12.6. The number of rotatable bonds is 5. The van der Waals surface area contributed by atoms with Crippen LogP contribution in [0.3, 0.4) is 0 Å². The van der Waals surface area contributed by atoms with Gasteiger partial charge in [0.25, 0.3) is 0 Å². The Morgan fingerprint density at radius 1 is 1.42 bits per heavy atom. The molecule has 0 aliphatic rings. The summed E-state index contributed by atoms with van der Waals surface area (Å²) in [5.74, 6) is 6.14. The quantitative estimate of drug-likeness (QED) is 0.653. The van der Waals surface area contributed by atoms with Gasteiger partial charge < -0.3 is 4.42 Å². The average Bonchev–Trinajstić information content (AvgIpc) is 2.88. The van der Waals surface area contributed by atoms with E-state index in [9.17, 15) is 4.39 Å². The number of aryl methyl sites for hydroxylation is 1. The largest absolute Gasteiger partial charge is 0.469 e. The zero-order chi connectivity index (χ0) is 13.8. The summed E-state index contributed by atoms with van der Waals surface area (Å²) in [6.45, 7) is 2.00. The minimum Gasteiger partial charge on any atom is -0.469 e. The predicted molar refractivity (Wildman–Crippen MR) is 73.3 cm³/mol. The lowest BCUT2D eigenvalue weighted by atomic mass is 9.98. The van der Waals surface area contributed by atoms with Gasteiger partial charge in [-0.05, 0) is 36.2 Å². The number of furan rings is 1. The topological polar surface area (TPSA) is 51.2 Å². The maximum absolute atomic E-state index is 13.7. The Labute approximate surface area is 116 Å². The second-order valence-corrected chi connectivity index (χ2v) is 4.75. The van der Waals surface area contributed by atoms with E-state index in [-0.39, 0.29) is 11.9 Å². The lowest BCUT2D eigenvalue weighted by Gasteiger charge is -2.16. The van der Waals surface area contributed by atoms with Crippen molar-refractivity contribution in [3.8, 4) is 0 Å². The van der Waals surface area contributed by atoms with Gasteiger partial charge in [0, 0.05) is 17.0 Å². The van der Waals surface area contributed by atoms with E-state index in [0.29, 0.717) is 17.0 Å². The van der Waals surface area contributed by atoms with E-state index in [1.165, 1.54) is 12.1 Å². The summed E-state index contributed by atoms with van der Waals surface area (Å²) in [7, 11) is 0. The van der Waals surface area contributed by atoms with Gasteiger partial charge in [-0.25, -0.2) is 4.39 Å². The molecule has 0 fully saturated rings. The Morgan fingerprint density at radius 3 is 2.89 bits per heavy atom. The fourth-order valence-corrected chi connectivity index (χ4v) is 2.32. The lowest BCUT2D eigenvalue weighted by Crippen LogP contribution is -2.30. The third-order valence-corrected chi connectivity index (χ3v) is 3.34. The van der Waals surface area contributed by atoms with E-state index >= 15 is 0 Å². The zero-order valence-electron chi connectivity index (χ0n) is 10.6. The van der Waals surface area contributed by atoms with Crippen LogP contribution in [0.15, 0.2) is 34.9 Å². The lowest BCUT2D eigenvalue weighted by molar-refractivity contribution is 0.482. The molecule has 0 saturated heterocycles. The molecule has 0 aliphatic heterocycles. The SMILES string of the molecule is CCc1occc1C(Cc1cc(Cl)ccc1F)NN. The van der Waals surface area contributed by atoms with Crippen molar-refractivity contribution in [3.05, 3.63) is 58.3 Å². The van der Waals surface area contributed by atoms with Gasteiger partial charge in [0.2, 0.25) is 0 Å². The van der Waals surface area contributed by atoms with Gasteiger partial charge in [-0.2, -0.15) is 0 Å². The Morgan fingerprint density at radius 2 is 2.21 bits per heavy atom. The highest BCUT2D eigenvalue weighted by Crippen LogP contribution is 2.25. The van der Waals surface area contributed by atoms with Gasteiger partial charge in [0.1, 0.15) is 11.6 Å². The number of nitrogens with two attached hydrogens (primary N) is 1. The van der Waals surface area contributed by atoms with Gasteiger partial charge in [-0.15, -0.1) is 0 Å². The third-order valence-electron chi connectivity index (χ3n) is 3.11. The van der Waals surface area contributed by atoms with Crippen molar-refractivity contribution in [1.82, 2.24) is 5.43 Å². The van der Waals surface area contributed by atoms with Crippen molar-refractivity contribution in [1.29, 1.82) is 0 Å². The predicted octanol–water partition coefficient (Wildman–Crippen LogP) is 3.38. The van der Waals surface area contributed by atoms with E-state index in [4.69, 9.17) is 21.9 Å². The first-order chi connectivity index (χ1) is 9.15. The fraction of sp³-hybridized carbons (Fsp3) is 0.286. The zero-order valence-corrected chi connectivity index (χ0v) is 11.4. The molecule has 0 bridgehead atoms. The first-order valence-corrected chi connectivity index (χ1v) is 6.49. The first-order valence-electron chi connectivity index (χ1n) is 6.12. The first kappa shape index (κ1) is 14.1. The van der Waals surface area contributed by atoms with Crippen LogP contribution in [0.1, 0.15) is 29.9 Å². The van der Waals surface area contributed by atoms with Crippen LogP contribution in [0.5, 0.6) is 0 Å². The molecule has 19 heavy (non-hydrogen) atoms. The molecule has 2 aromatic rings. The Balaban J connectivity index is 2.26. The van der Waals surface area contributed by atoms with Crippen molar-refractivity contribution < 1.29 is 8.81 Å². The summed E-state index contributed by atoms with van der Waals surface area (Å²) in [5.41, 5.74) is 4.18. The van der Waals surface area contributed by atoms with Crippen LogP contribution in [0.2, 0.25) is 5.02 Å². The highest BCUT2D eigenvalue weighted by Gasteiger charge is 2.18. The summed E-state index contributed by atoms with van der Waals surface area (Å²) < 4.78 is 19.1. The number of halogens is 2. The van der Waals surface area contributed by atoms with Gasteiger partial charge in [0.05, 0.1) is 12.3 Å². The molecular weight excluding hydrogens is 267 g/mol. The third kappa shape index (κ3) is 3.15. The van der Waals surface area contributed by atoms with Crippen LogP contribution in [0.25, 0.3) is 0 Å². The number of hydrogen-bond acceptors (Lipinski definition) is 3. The molecule has 1 unspecified atom stereocenters. The standard InChI is InChI=1S/C14H16ClFN2O/c1-2-14-11(5-6-19-14)13(18-17)8-9-7-10(15)3-4-12(9)16/h3-7,13,18H,2,8,17H2,1H3. The number of nitrogens with one attached hydrogen (secondary N) is 1. The van der Waals surface area contributed by atoms with Crippen LogP contribution in [0.4, 0.5) is 4.39 Å². The average molecular weight is 283 g/mol. The summed E-state index contributed by atoms with van der Waals surface area (Å²) in [6.07, 6.45) is 2.79. The molecule has 1 aromatic heterocycles. The van der Waals surface area contributed by atoms with Gasteiger partial charge in [-0.3, -0.25) is 11.3 Å². The van der Waals surface area contributed by atoms with Crippen molar-refractivity contribution in [3.63, 3.8) is 0 Å². The Kier molecular flexibility index (Phi) is 4.58. The van der Waals surface area contributed by atoms with E-state index < -0.39 is 0 Å². The molecule has 0 radical (unpaired) electrons. The van der Waals surface area contributed by atoms with Gasteiger partial charge in [0.15, 0.2) is 0 Å². The molecule has 0 amide bonds. The van der Waals surface area contributed by atoms with E-state index in [2.05, 4.69) is 5.43 Å². The van der Waals surface area contributed by atoms with Crippen LogP contribution < -0.4 is 11.3 Å². The summed E-state index contributed by atoms with van der Waals surface area (Å²) >= 11 is 5.89. The second kappa shape index (κ2) is 6.19. The van der Waals surface area contributed by atoms with Crippen molar-refractivity contribution in [2.75, 3.05) is 0 Å². The van der Waals surface area contributed by atoms with Gasteiger partial charge in [-0.1, -0.05) is 18.5 Å². The molecule has 0 spiro atoms. The van der Waals surface area contributed by atoms with E-state index in [0.717, 1.165) is 17.7 Å². The number of hydrazine groups is 1. The molecule has 1 aromatic carbocycles. The van der Waals surface area contributed by atoms with Crippen molar-refractivity contribution in [2.45, 2.75) is 25.8 Å². The Hall–Kier alpha value is -1.36. The Bertz CT molecular complexity index is 556. The van der Waals surface area contributed by atoms with Crippen molar-refractivity contribution in [2.24, 2.45) is 5.84 Å². The molecular formula is C14H16ClFN2O. The summed E-state index contributed by atoms with van der Waals surface area (Å²) in [4.78, 5) is 0. The molecule has 0 saturated carbocycles. The molecule has 102 valence electrons. The molecule has 5 heteroatoms. The van der Waals surface area contributed by atoms with Crippen LogP contribution in [-0.4, -0.2) is 0 Å². The minimum absolute atomic E-state index is 0.207. The molecule has 3 nitrogen and oxygen atoms in total. The molecule has 0 aliphatic carbocycles. The van der Waals surface area contributed by atoms with Gasteiger partial charge >= 0.3 is 0 Å². The fourth-order valence-electron chi connectivity index (χ4n) is 2.13. The van der Waals surface area contributed by atoms with E-state index in [1.807, 2.05) is 13.0 Å². The molecule has 1 heterocycles. The summed E-state index contributed by atoms with van der Waals surface area (Å²) in [6, 6.07) is 6.15. The van der Waals surface area contributed by atoms with Crippen LogP contribution in [-0.2, 0) is 12.8 Å². The molecule has 3 N–H and O–H groups in total. The number of benzene rings is 1. The summed E-state index contributed by atoms with van der Waals surface area (Å²) in [5, 5.41) is 0.509. The highest BCUT2D eigenvalue weighted by molar-refractivity contribution is 6.30. The molecule has 2 rings (SSSR count). The monoisotopic (exact) mass is 282 g/mol.